The van der Waals surface area contributed by atoms with E-state index in [1.165, 1.54) is 30.2 Å². The zero-order chi connectivity index (χ0) is 25.9. The van der Waals surface area contributed by atoms with Crippen LogP contribution in [0, 0.1) is 10.1 Å². The molecule has 0 bridgehead atoms. The highest BCUT2D eigenvalue weighted by atomic mass is 16.6. The summed E-state index contributed by atoms with van der Waals surface area (Å²) in [5.74, 6) is -0.399. The molecule has 9 heteroatoms. The van der Waals surface area contributed by atoms with Gasteiger partial charge in [0.15, 0.2) is 6.61 Å². The number of hydrogen-bond donors (Lipinski definition) is 1. The molecule has 3 aromatic rings. The maximum absolute atomic E-state index is 13.5. The molecule has 0 spiro atoms. The summed E-state index contributed by atoms with van der Waals surface area (Å²) in [4.78, 5) is 38.7. The van der Waals surface area contributed by atoms with Gasteiger partial charge < -0.3 is 19.7 Å². The Morgan fingerprint density at radius 3 is 2.22 bits per heavy atom. The van der Waals surface area contributed by atoms with E-state index in [0.717, 1.165) is 11.1 Å². The molecule has 0 aliphatic heterocycles. The molecule has 0 aromatic heterocycles. The molecular weight excluding hydrogens is 462 g/mol. The Morgan fingerprint density at radius 2 is 1.64 bits per heavy atom. The third-order valence-electron chi connectivity index (χ3n) is 5.53. The van der Waals surface area contributed by atoms with E-state index in [2.05, 4.69) is 5.32 Å². The molecule has 0 saturated heterocycles. The Kier molecular flexibility index (Phi) is 9.39. The van der Waals surface area contributed by atoms with Crippen molar-refractivity contribution >= 4 is 17.5 Å². The average molecular weight is 492 g/mol. The summed E-state index contributed by atoms with van der Waals surface area (Å²) >= 11 is 0. The molecule has 2 amide bonds. The van der Waals surface area contributed by atoms with Gasteiger partial charge in [-0.15, -0.1) is 0 Å². The molecule has 3 aromatic carbocycles. The van der Waals surface area contributed by atoms with E-state index in [0.29, 0.717) is 13.0 Å². The molecule has 3 rings (SSSR count). The average Bonchev–Trinajstić information content (AvgIpc) is 2.90. The summed E-state index contributed by atoms with van der Waals surface area (Å²) < 4.78 is 10.8. The van der Waals surface area contributed by atoms with Gasteiger partial charge in [0.25, 0.3) is 5.91 Å². The summed E-state index contributed by atoms with van der Waals surface area (Å²) in [6, 6.07) is 22.1. The Hall–Kier alpha value is -4.40. The normalized spacial score (nSPS) is 11.3. The standard InChI is InChI=1S/C27H29N3O6/c1-3-28-27(32)24(16-20-10-6-4-7-11-20)29(18-21-12-8-5-9-13-21)26(31)19-36-22-14-15-23(30(33)34)25(17-22)35-2/h4-15,17,24H,3,16,18-19H2,1-2H3,(H,28,32)/t24-/m1/s1. The number of rotatable bonds is 12. The molecule has 0 saturated carbocycles. The lowest BCUT2D eigenvalue weighted by Gasteiger charge is -2.31. The van der Waals surface area contributed by atoms with E-state index in [9.17, 15) is 19.7 Å². The minimum absolute atomic E-state index is 0.0235. The zero-order valence-electron chi connectivity index (χ0n) is 20.3. The van der Waals surface area contributed by atoms with Crippen molar-refractivity contribution in [1.82, 2.24) is 10.2 Å². The maximum Gasteiger partial charge on any atom is 0.311 e. The van der Waals surface area contributed by atoms with Crippen molar-refractivity contribution in [2.75, 3.05) is 20.3 Å². The second kappa shape index (κ2) is 12.9. The first-order valence-electron chi connectivity index (χ1n) is 11.5. The fourth-order valence-electron chi connectivity index (χ4n) is 3.75. The van der Waals surface area contributed by atoms with Crippen LogP contribution in [0.5, 0.6) is 11.5 Å². The maximum atomic E-state index is 13.5. The first kappa shape index (κ1) is 26.2. The fourth-order valence-corrected chi connectivity index (χ4v) is 3.75. The van der Waals surface area contributed by atoms with Gasteiger partial charge in [-0.3, -0.25) is 19.7 Å². The van der Waals surface area contributed by atoms with E-state index in [1.807, 2.05) is 67.6 Å². The number of hydrogen-bond acceptors (Lipinski definition) is 6. The van der Waals surface area contributed by atoms with Crippen LogP contribution in [-0.4, -0.2) is 47.9 Å². The first-order valence-corrected chi connectivity index (χ1v) is 11.5. The molecule has 1 N–H and O–H groups in total. The molecular formula is C27H29N3O6. The summed E-state index contributed by atoms with van der Waals surface area (Å²) in [7, 11) is 1.32. The lowest BCUT2D eigenvalue weighted by Crippen LogP contribution is -2.51. The van der Waals surface area contributed by atoms with Gasteiger partial charge in [0.2, 0.25) is 11.7 Å². The monoisotopic (exact) mass is 491 g/mol. The van der Waals surface area contributed by atoms with Crippen LogP contribution in [0.2, 0.25) is 0 Å². The lowest BCUT2D eigenvalue weighted by molar-refractivity contribution is -0.385. The van der Waals surface area contributed by atoms with Crippen LogP contribution in [0.15, 0.2) is 78.9 Å². The molecule has 9 nitrogen and oxygen atoms in total. The van der Waals surface area contributed by atoms with Crippen LogP contribution in [0.4, 0.5) is 5.69 Å². The number of carbonyl (C=O) groups excluding carboxylic acids is 2. The fraction of sp³-hybridized carbons (Fsp3) is 0.259. The highest BCUT2D eigenvalue weighted by Crippen LogP contribution is 2.30. The zero-order valence-corrected chi connectivity index (χ0v) is 20.3. The van der Waals surface area contributed by atoms with Gasteiger partial charge in [0, 0.05) is 31.6 Å². The number of benzene rings is 3. The van der Waals surface area contributed by atoms with Crippen LogP contribution < -0.4 is 14.8 Å². The van der Waals surface area contributed by atoms with Crippen molar-refractivity contribution in [2.45, 2.75) is 25.9 Å². The second-order valence-corrected chi connectivity index (χ2v) is 7.99. The largest absolute Gasteiger partial charge is 0.490 e. The Bertz CT molecular complexity index is 1170. The molecule has 0 fully saturated rings. The third kappa shape index (κ3) is 7.05. The van der Waals surface area contributed by atoms with Gasteiger partial charge in [-0.25, -0.2) is 0 Å². The van der Waals surface area contributed by atoms with Crippen molar-refractivity contribution in [2.24, 2.45) is 0 Å². The van der Waals surface area contributed by atoms with Gasteiger partial charge >= 0.3 is 5.69 Å². The number of nitro benzene ring substituents is 1. The minimum atomic E-state index is -0.768. The number of methoxy groups -OCH3 is 1. The Labute approximate surface area is 209 Å². The number of amides is 2. The van der Waals surface area contributed by atoms with E-state index >= 15 is 0 Å². The van der Waals surface area contributed by atoms with E-state index in [4.69, 9.17) is 9.47 Å². The van der Waals surface area contributed by atoms with Gasteiger partial charge in [-0.1, -0.05) is 60.7 Å². The molecule has 0 radical (unpaired) electrons. The van der Waals surface area contributed by atoms with Crippen molar-refractivity contribution < 1.29 is 24.0 Å². The van der Waals surface area contributed by atoms with E-state index in [1.54, 1.807) is 0 Å². The number of nitrogens with one attached hydrogen (secondary N) is 1. The number of ether oxygens (including phenoxy) is 2. The van der Waals surface area contributed by atoms with E-state index < -0.39 is 16.9 Å². The number of likely N-dealkylation sites (N-methyl/N-ethyl adjacent to an activating group) is 1. The minimum Gasteiger partial charge on any atom is -0.490 e. The van der Waals surface area contributed by atoms with Crippen LogP contribution in [0.1, 0.15) is 18.1 Å². The summed E-state index contributed by atoms with van der Waals surface area (Å²) in [5.41, 5.74) is 1.58. The Morgan fingerprint density at radius 1 is 1.00 bits per heavy atom. The molecule has 0 aliphatic rings. The van der Waals surface area contributed by atoms with Crippen molar-refractivity contribution in [3.8, 4) is 11.5 Å². The third-order valence-corrected chi connectivity index (χ3v) is 5.53. The molecule has 36 heavy (non-hydrogen) atoms. The summed E-state index contributed by atoms with van der Waals surface area (Å²) in [6.45, 7) is 2.10. The van der Waals surface area contributed by atoms with Gasteiger partial charge in [-0.2, -0.15) is 0 Å². The van der Waals surface area contributed by atoms with Crippen molar-refractivity contribution in [3.05, 3.63) is 100 Å². The predicted molar refractivity (Wildman–Crippen MR) is 135 cm³/mol. The molecule has 188 valence electrons. The second-order valence-electron chi connectivity index (χ2n) is 7.99. The van der Waals surface area contributed by atoms with Crippen molar-refractivity contribution in [1.29, 1.82) is 0 Å². The summed E-state index contributed by atoms with van der Waals surface area (Å²) in [6.07, 6.45) is 0.330. The van der Waals surface area contributed by atoms with E-state index in [-0.39, 0.29) is 36.2 Å². The van der Waals surface area contributed by atoms with Crippen LogP contribution in [0.3, 0.4) is 0 Å². The van der Waals surface area contributed by atoms with Crippen LogP contribution >= 0.6 is 0 Å². The molecule has 0 aliphatic carbocycles. The van der Waals surface area contributed by atoms with Gasteiger partial charge in [-0.05, 0) is 24.1 Å². The SMILES string of the molecule is CCNC(=O)[C@@H](Cc1ccccc1)N(Cc1ccccc1)C(=O)COc1ccc([N+](=O)[O-])c(OC)c1. The highest BCUT2D eigenvalue weighted by molar-refractivity contribution is 5.88. The summed E-state index contributed by atoms with van der Waals surface area (Å²) in [5, 5.41) is 14.0. The highest BCUT2D eigenvalue weighted by Gasteiger charge is 2.30. The first-order chi connectivity index (χ1) is 17.4. The number of carbonyl (C=O) groups is 2. The quantitative estimate of drug-likeness (QED) is 0.305. The van der Waals surface area contributed by atoms with Gasteiger partial charge in [0.1, 0.15) is 11.8 Å². The van der Waals surface area contributed by atoms with Gasteiger partial charge in [0.05, 0.1) is 12.0 Å². The molecule has 0 heterocycles. The smallest absolute Gasteiger partial charge is 0.311 e. The van der Waals surface area contributed by atoms with Crippen molar-refractivity contribution in [3.63, 3.8) is 0 Å². The van der Waals surface area contributed by atoms with Crippen LogP contribution in [0.25, 0.3) is 0 Å². The topological polar surface area (TPSA) is 111 Å². The molecule has 0 unspecified atom stereocenters. The number of nitro groups is 1. The Balaban J connectivity index is 1.87. The molecule has 1 atom stereocenters. The number of nitrogens with zero attached hydrogens (tertiary/aromatic N) is 2. The lowest BCUT2D eigenvalue weighted by atomic mass is 10.0. The van der Waals surface area contributed by atoms with Crippen LogP contribution in [-0.2, 0) is 22.6 Å². The predicted octanol–water partition coefficient (Wildman–Crippen LogP) is 3.76.